The molecule has 0 heterocycles. The van der Waals surface area contributed by atoms with E-state index < -0.39 is 17.9 Å². The summed E-state index contributed by atoms with van der Waals surface area (Å²) in [6, 6.07) is 0.552. The van der Waals surface area contributed by atoms with Gasteiger partial charge < -0.3 is 35.8 Å². The molecule has 0 radical (unpaired) electrons. The van der Waals surface area contributed by atoms with Crippen molar-refractivity contribution >= 4 is 67.4 Å². The molecule has 3 fully saturated rings. The summed E-state index contributed by atoms with van der Waals surface area (Å²) in [4.78, 5) is 59.4. The van der Waals surface area contributed by atoms with Crippen LogP contribution >= 0.6 is 0 Å². The second-order valence-corrected chi connectivity index (χ2v) is 23.8. The Labute approximate surface area is 486 Å². The fourth-order valence-corrected chi connectivity index (χ4v) is 11.6. The van der Waals surface area contributed by atoms with Crippen molar-refractivity contribution in [1.82, 2.24) is 16.0 Å². The van der Waals surface area contributed by atoms with Gasteiger partial charge in [0.05, 0.1) is 5.92 Å². The van der Waals surface area contributed by atoms with E-state index in [1.54, 1.807) is 0 Å². The predicted molar refractivity (Wildman–Crippen MR) is 306 cm³/mol. The van der Waals surface area contributed by atoms with Gasteiger partial charge in [-0.25, -0.2) is 0 Å². The zero-order chi connectivity index (χ0) is 53.6. The number of amides is 3. The van der Waals surface area contributed by atoms with E-state index in [2.05, 4.69) is 50.6 Å². The minimum absolute atomic E-state index is 0. The first-order valence-corrected chi connectivity index (χ1v) is 31.6. The maximum Gasteiger partial charge on any atom is 2.00 e. The van der Waals surface area contributed by atoms with Crippen LogP contribution < -0.4 is 26.2 Å². The molecule has 10 nitrogen and oxygen atoms in total. The van der Waals surface area contributed by atoms with E-state index in [0.717, 1.165) is 83.5 Å². The first-order chi connectivity index (χ1) is 35.3. The van der Waals surface area contributed by atoms with Gasteiger partial charge in [0.2, 0.25) is 17.7 Å². The van der Waals surface area contributed by atoms with Crippen molar-refractivity contribution in [3.8, 4) is 0 Å². The van der Waals surface area contributed by atoms with Crippen LogP contribution in [0.25, 0.3) is 0 Å². The van der Waals surface area contributed by atoms with Crippen LogP contribution in [0.4, 0.5) is 0 Å². The Hall–Kier alpha value is -1.39. The number of carbonyl (C=O) groups excluding carboxylic acids is 5. The molecule has 3 N–H and O–H groups in total. The largest absolute Gasteiger partial charge is 2.00 e. The van der Waals surface area contributed by atoms with Gasteiger partial charge in [0.25, 0.3) is 0 Å². The van der Waals surface area contributed by atoms with Crippen molar-refractivity contribution in [1.29, 1.82) is 0 Å². The number of nitrogens with one attached hydrogen (secondary N) is 3. The van der Waals surface area contributed by atoms with E-state index in [0.29, 0.717) is 17.8 Å². The molecule has 6 unspecified atom stereocenters. The zero-order valence-electron chi connectivity index (χ0n) is 49.1. The molecule has 0 aliphatic heterocycles. The van der Waals surface area contributed by atoms with E-state index in [-0.39, 0.29) is 99.3 Å². The van der Waals surface area contributed by atoms with Crippen molar-refractivity contribution in [2.24, 2.45) is 23.7 Å². The third-order valence-corrected chi connectivity index (χ3v) is 16.1. The average molecular weight is 1070 g/mol. The molecule has 0 aromatic rings. The van der Waals surface area contributed by atoms with Gasteiger partial charge in [0, 0.05) is 42.9 Å². The van der Waals surface area contributed by atoms with Crippen LogP contribution in [-0.2, 0) is 24.0 Å². The Morgan fingerprint density at radius 3 is 0.865 bits per heavy atom. The molecular weight excluding hydrogens is 951 g/mol. The molecule has 6 atom stereocenters. The van der Waals surface area contributed by atoms with Gasteiger partial charge in [0.15, 0.2) is 0 Å². The zero-order valence-corrected chi connectivity index (χ0v) is 51.3. The molecular formula is C63H117CaN3O7. The Morgan fingerprint density at radius 1 is 0.378 bits per heavy atom. The smallest absolute Gasteiger partial charge is 0.550 e. The Kier molecular flexibility index (Phi) is 50.1. The molecule has 0 bridgehead atoms. The molecule has 0 saturated heterocycles. The molecule has 3 amide bonds. The fourth-order valence-electron chi connectivity index (χ4n) is 11.6. The monoisotopic (exact) mass is 1070 g/mol. The second-order valence-electron chi connectivity index (χ2n) is 23.8. The normalized spacial score (nSPS) is 20.8. The summed E-state index contributed by atoms with van der Waals surface area (Å²) in [6.07, 6.45) is 52.9. The number of carboxylic acid groups (broad SMARTS) is 2. The van der Waals surface area contributed by atoms with E-state index in [1.165, 1.54) is 186 Å². The molecule has 0 aromatic carbocycles. The summed E-state index contributed by atoms with van der Waals surface area (Å²) >= 11 is 0. The summed E-state index contributed by atoms with van der Waals surface area (Å²) < 4.78 is 0. The van der Waals surface area contributed by atoms with Crippen LogP contribution in [0.5, 0.6) is 0 Å². The number of carbonyl (C=O) groups is 5. The van der Waals surface area contributed by atoms with Gasteiger partial charge >= 0.3 is 37.7 Å². The summed E-state index contributed by atoms with van der Waals surface area (Å²) in [5, 5.41) is 29.9. The van der Waals surface area contributed by atoms with Crippen LogP contribution in [0, 0.1) is 23.7 Å². The Bertz CT molecular complexity index is 1290. The standard InChI is InChI=1S/C27H47N3O3.2C18H36O2.Ca/c1-18-7-4-10-22(13-18)28-25(31)16-21(27(33)30-24-12-6-9-20(3)15-24)17-26(32)29-23-11-5-8-19(2)14-23;2*1-2-3-4-5-6-7-8-9-10-11-12-13-14-15-16-17-18(19)20;/h18-24H,4-17H2,1-3H3,(H,28,31)(H,29,32)(H,30,33);2*2-17H2,1H3,(H,19,20);/q;;;+2/p-2. The molecule has 74 heavy (non-hydrogen) atoms. The Morgan fingerprint density at radius 2 is 0.622 bits per heavy atom. The van der Waals surface area contributed by atoms with Gasteiger partial charge in [0.1, 0.15) is 0 Å². The van der Waals surface area contributed by atoms with Gasteiger partial charge in [-0.3, -0.25) is 14.4 Å². The number of aliphatic carboxylic acids is 2. The maximum absolute atomic E-state index is 13.2. The molecule has 3 aliphatic carbocycles. The SMILES string of the molecule is CC1CCCC(NC(=O)CC(CC(=O)NC2CCCC(C)C2)C(=O)NC2CCCC(C)C2)C1.CCCCCCCCCCCCCCCCCC(=O)[O-].CCCCCCCCCCCCCCCCCC(=O)[O-].[Ca+2]. The van der Waals surface area contributed by atoms with E-state index in [1.807, 2.05) is 0 Å². The minimum atomic E-state index is -0.903. The third kappa shape index (κ3) is 45.6. The molecule has 428 valence electrons. The van der Waals surface area contributed by atoms with Gasteiger partial charge in [-0.15, -0.1) is 0 Å². The fraction of sp³-hybridized carbons (Fsp3) is 0.921. The summed E-state index contributed by atoms with van der Waals surface area (Å²) in [7, 11) is 0. The average Bonchev–Trinajstić information content (AvgIpc) is 3.34. The molecule has 3 saturated carbocycles. The van der Waals surface area contributed by atoms with Gasteiger partial charge in [-0.1, -0.05) is 253 Å². The minimum Gasteiger partial charge on any atom is -0.550 e. The molecule has 11 heteroatoms. The number of unbranched alkanes of at least 4 members (excludes halogenated alkanes) is 28. The topological polar surface area (TPSA) is 168 Å². The van der Waals surface area contributed by atoms with Crippen molar-refractivity contribution in [3.63, 3.8) is 0 Å². The summed E-state index contributed by atoms with van der Waals surface area (Å²) in [5.74, 6) is -0.872. The third-order valence-electron chi connectivity index (χ3n) is 16.1. The van der Waals surface area contributed by atoms with Crippen LogP contribution in [0.15, 0.2) is 0 Å². The number of rotatable bonds is 40. The van der Waals surface area contributed by atoms with Crippen LogP contribution in [0.2, 0.25) is 0 Å². The first kappa shape index (κ1) is 72.6. The second kappa shape index (κ2) is 51.1. The number of carboxylic acids is 2. The van der Waals surface area contributed by atoms with Gasteiger partial charge in [-0.05, 0) is 82.0 Å². The van der Waals surface area contributed by atoms with Crippen molar-refractivity contribution in [2.75, 3.05) is 0 Å². The molecule has 3 rings (SSSR count). The predicted octanol–water partition coefficient (Wildman–Crippen LogP) is 14.1. The van der Waals surface area contributed by atoms with Crippen LogP contribution in [0.3, 0.4) is 0 Å². The van der Waals surface area contributed by atoms with Gasteiger partial charge in [-0.2, -0.15) is 0 Å². The van der Waals surface area contributed by atoms with E-state index in [4.69, 9.17) is 0 Å². The molecule has 3 aliphatic rings. The van der Waals surface area contributed by atoms with Crippen molar-refractivity contribution in [3.05, 3.63) is 0 Å². The Balaban J connectivity index is 0.00000114. The van der Waals surface area contributed by atoms with Crippen molar-refractivity contribution in [2.45, 2.75) is 348 Å². The summed E-state index contributed by atoms with van der Waals surface area (Å²) in [5.41, 5.74) is 0. The van der Waals surface area contributed by atoms with Crippen LogP contribution in [-0.4, -0.2) is 85.5 Å². The van der Waals surface area contributed by atoms with E-state index >= 15 is 0 Å². The molecule has 0 aromatic heterocycles. The first-order valence-electron chi connectivity index (χ1n) is 31.6. The number of hydrogen-bond donors (Lipinski definition) is 3. The van der Waals surface area contributed by atoms with E-state index in [9.17, 15) is 34.2 Å². The quantitative estimate of drug-likeness (QED) is 0.0405. The summed E-state index contributed by atoms with van der Waals surface area (Å²) in [6.45, 7) is 11.2. The van der Waals surface area contributed by atoms with Crippen LogP contribution in [0.1, 0.15) is 330 Å². The van der Waals surface area contributed by atoms with Crippen molar-refractivity contribution < 1.29 is 34.2 Å². The maximum atomic E-state index is 13.2. The number of hydrogen-bond acceptors (Lipinski definition) is 7. The molecule has 0 spiro atoms.